The largest absolute Gasteiger partial charge is 0.396 e. The Bertz CT molecular complexity index is 90.3. The lowest BCUT2D eigenvalue weighted by Crippen LogP contribution is -2.19. The first-order chi connectivity index (χ1) is 4.22. The molecule has 0 aliphatic carbocycles. The first kappa shape index (κ1) is 8.59. The normalized spacial score (nSPS) is 13.2. The Morgan fingerprint density at radius 2 is 2.33 bits per heavy atom. The summed E-state index contributed by atoms with van der Waals surface area (Å²) in [5.74, 6) is -0.343. The molecule has 0 aromatic carbocycles. The van der Waals surface area contributed by atoms with Crippen molar-refractivity contribution < 1.29 is 14.6 Å². The van der Waals surface area contributed by atoms with Gasteiger partial charge < -0.3 is 9.84 Å². The van der Waals surface area contributed by atoms with Crippen LogP contribution in [0.15, 0.2) is 0 Å². The molecule has 0 aromatic heterocycles. The number of carbonyl (C=O) groups excluding carboxylic acids is 1. The average molecular weight is 132 g/mol. The van der Waals surface area contributed by atoms with Crippen LogP contribution in [0, 0.1) is 5.92 Å². The molecule has 0 bridgehead atoms. The third-order valence-electron chi connectivity index (χ3n) is 1.11. The van der Waals surface area contributed by atoms with E-state index < -0.39 is 0 Å². The van der Waals surface area contributed by atoms with Crippen molar-refractivity contribution in [1.29, 1.82) is 0 Å². The Balaban J connectivity index is 3.46. The summed E-state index contributed by atoms with van der Waals surface area (Å²) >= 11 is 0. The molecule has 0 saturated heterocycles. The lowest BCUT2D eigenvalue weighted by atomic mass is 10.1. The number of ketones is 1. The minimum atomic E-state index is -0.287. The second-order valence-corrected chi connectivity index (χ2v) is 1.98. The van der Waals surface area contributed by atoms with E-state index in [1.807, 2.05) is 0 Å². The first-order valence-electron chi connectivity index (χ1n) is 2.85. The number of rotatable bonds is 4. The summed E-state index contributed by atoms with van der Waals surface area (Å²) in [6, 6.07) is 0. The van der Waals surface area contributed by atoms with Crippen molar-refractivity contribution in [2.24, 2.45) is 5.92 Å². The molecule has 1 N–H and O–H groups in total. The fourth-order valence-corrected chi connectivity index (χ4v) is 0.386. The molecular formula is C6H12O3. The molecule has 0 aliphatic heterocycles. The van der Waals surface area contributed by atoms with Crippen LogP contribution in [0.3, 0.4) is 0 Å². The molecule has 0 radical (unpaired) electrons. The number of hydrogen-bond acceptors (Lipinski definition) is 3. The van der Waals surface area contributed by atoms with Gasteiger partial charge in [-0.1, -0.05) is 6.92 Å². The zero-order valence-corrected chi connectivity index (χ0v) is 5.76. The third-order valence-corrected chi connectivity index (χ3v) is 1.11. The average Bonchev–Trinajstić information content (AvgIpc) is 1.87. The molecule has 0 amide bonds. The monoisotopic (exact) mass is 132 g/mol. The maximum Gasteiger partial charge on any atom is 0.163 e. The highest BCUT2D eigenvalue weighted by Gasteiger charge is 2.09. The second kappa shape index (κ2) is 4.47. The highest BCUT2D eigenvalue weighted by molar-refractivity contribution is 5.81. The summed E-state index contributed by atoms with van der Waals surface area (Å²) < 4.78 is 4.57. The molecule has 0 heterocycles. The van der Waals surface area contributed by atoms with Crippen molar-refractivity contribution in [2.45, 2.75) is 6.92 Å². The number of hydrogen-bond donors (Lipinski definition) is 1. The zero-order valence-electron chi connectivity index (χ0n) is 5.76. The summed E-state index contributed by atoms with van der Waals surface area (Å²) in [6.07, 6.45) is 0. The van der Waals surface area contributed by atoms with Crippen molar-refractivity contribution in [2.75, 3.05) is 20.3 Å². The van der Waals surface area contributed by atoms with Crippen molar-refractivity contribution in [3.05, 3.63) is 0 Å². The van der Waals surface area contributed by atoms with Gasteiger partial charge in [0.25, 0.3) is 0 Å². The van der Waals surface area contributed by atoms with Gasteiger partial charge in [0.15, 0.2) is 5.78 Å². The number of aliphatic hydroxyl groups is 1. The molecule has 1 atom stereocenters. The summed E-state index contributed by atoms with van der Waals surface area (Å²) in [5, 5.41) is 8.46. The molecule has 0 unspecified atom stereocenters. The van der Waals surface area contributed by atoms with Gasteiger partial charge in [0.05, 0.1) is 6.61 Å². The SMILES string of the molecule is COCC(=O)[C@@H](C)CO. The van der Waals surface area contributed by atoms with Crippen LogP contribution < -0.4 is 0 Å². The lowest BCUT2D eigenvalue weighted by Gasteiger charge is -2.03. The van der Waals surface area contributed by atoms with Gasteiger partial charge in [-0.15, -0.1) is 0 Å². The summed E-state index contributed by atoms with van der Waals surface area (Å²) in [7, 11) is 1.46. The van der Waals surface area contributed by atoms with Crippen LogP contribution >= 0.6 is 0 Å². The molecule has 3 nitrogen and oxygen atoms in total. The number of ether oxygens (including phenoxy) is 1. The number of carbonyl (C=O) groups is 1. The minimum Gasteiger partial charge on any atom is -0.396 e. The van der Waals surface area contributed by atoms with E-state index >= 15 is 0 Å². The molecule has 0 spiro atoms. The van der Waals surface area contributed by atoms with E-state index in [2.05, 4.69) is 4.74 Å². The van der Waals surface area contributed by atoms with Gasteiger partial charge >= 0.3 is 0 Å². The van der Waals surface area contributed by atoms with Gasteiger partial charge in [-0.3, -0.25) is 4.79 Å². The lowest BCUT2D eigenvalue weighted by molar-refractivity contribution is -0.127. The number of aliphatic hydroxyl groups excluding tert-OH is 1. The van der Waals surface area contributed by atoms with Crippen LogP contribution in [-0.4, -0.2) is 31.2 Å². The predicted molar refractivity (Wildman–Crippen MR) is 33.1 cm³/mol. The van der Waals surface area contributed by atoms with Crippen LogP contribution in [0.5, 0.6) is 0 Å². The number of Topliss-reactive ketones (excluding diaryl/α,β-unsaturated/α-hetero) is 1. The molecule has 0 rings (SSSR count). The molecule has 0 saturated carbocycles. The standard InChI is InChI=1S/C6H12O3/c1-5(3-7)6(8)4-9-2/h5,7H,3-4H2,1-2H3/t5-/m0/s1. The third kappa shape index (κ3) is 3.21. The van der Waals surface area contributed by atoms with Gasteiger partial charge in [-0.05, 0) is 0 Å². The van der Waals surface area contributed by atoms with E-state index in [9.17, 15) is 4.79 Å². The highest BCUT2D eigenvalue weighted by Crippen LogP contribution is 1.93. The van der Waals surface area contributed by atoms with Crippen molar-refractivity contribution >= 4 is 5.78 Å². The number of methoxy groups -OCH3 is 1. The van der Waals surface area contributed by atoms with E-state index in [4.69, 9.17) is 5.11 Å². The topological polar surface area (TPSA) is 46.5 Å². The molecule has 0 fully saturated rings. The predicted octanol–water partition coefficient (Wildman–Crippen LogP) is -0.170. The van der Waals surface area contributed by atoms with Crippen LogP contribution in [0.4, 0.5) is 0 Å². The molecule has 54 valence electrons. The zero-order chi connectivity index (χ0) is 7.28. The summed E-state index contributed by atoms with van der Waals surface area (Å²) in [4.78, 5) is 10.7. The van der Waals surface area contributed by atoms with Crippen LogP contribution in [0.25, 0.3) is 0 Å². The molecule has 3 heteroatoms. The van der Waals surface area contributed by atoms with Gasteiger partial charge in [-0.25, -0.2) is 0 Å². The van der Waals surface area contributed by atoms with E-state index in [0.29, 0.717) is 0 Å². The van der Waals surface area contributed by atoms with E-state index in [1.165, 1.54) is 7.11 Å². The summed E-state index contributed by atoms with van der Waals surface area (Å²) in [6.45, 7) is 1.67. The smallest absolute Gasteiger partial charge is 0.163 e. The maximum atomic E-state index is 10.7. The quantitative estimate of drug-likeness (QED) is 0.577. The first-order valence-corrected chi connectivity index (χ1v) is 2.85. The van der Waals surface area contributed by atoms with Gasteiger partial charge in [0.1, 0.15) is 6.61 Å². The van der Waals surface area contributed by atoms with Crippen molar-refractivity contribution in [1.82, 2.24) is 0 Å². The Morgan fingerprint density at radius 1 is 1.78 bits per heavy atom. The fourth-order valence-electron chi connectivity index (χ4n) is 0.386. The van der Waals surface area contributed by atoms with E-state index in [-0.39, 0.29) is 24.9 Å². The molecular weight excluding hydrogens is 120 g/mol. The Labute approximate surface area is 54.6 Å². The molecule has 0 aliphatic rings. The van der Waals surface area contributed by atoms with Crippen molar-refractivity contribution in [3.8, 4) is 0 Å². The van der Waals surface area contributed by atoms with Crippen LogP contribution in [0.2, 0.25) is 0 Å². The van der Waals surface area contributed by atoms with Crippen LogP contribution in [-0.2, 0) is 9.53 Å². The van der Waals surface area contributed by atoms with Gasteiger partial charge in [0, 0.05) is 13.0 Å². The Hall–Kier alpha value is -0.410. The fraction of sp³-hybridized carbons (Fsp3) is 0.833. The molecule has 9 heavy (non-hydrogen) atoms. The van der Waals surface area contributed by atoms with E-state index in [0.717, 1.165) is 0 Å². The minimum absolute atomic E-state index is 0.0556. The van der Waals surface area contributed by atoms with Gasteiger partial charge in [-0.2, -0.15) is 0 Å². The highest BCUT2D eigenvalue weighted by atomic mass is 16.5. The Kier molecular flexibility index (Phi) is 4.26. The Morgan fingerprint density at radius 3 is 2.67 bits per heavy atom. The van der Waals surface area contributed by atoms with Crippen LogP contribution in [0.1, 0.15) is 6.92 Å². The second-order valence-electron chi connectivity index (χ2n) is 1.98. The summed E-state index contributed by atoms with van der Waals surface area (Å²) in [5.41, 5.74) is 0. The molecule has 0 aromatic rings. The van der Waals surface area contributed by atoms with Gasteiger partial charge in [0.2, 0.25) is 0 Å². The maximum absolute atomic E-state index is 10.7. The van der Waals surface area contributed by atoms with E-state index in [1.54, 1.807) is 6.92 Å². The van der Waals surface area contributed by atoms with Crippen molar-refractivity contribution in [3.63, 3.8) is 0 Å².